The van der Waals surface area contributed by atoms with Gasteiger partial charge >= 0.3 is 6.09 Å². The average Bonchev–Trinajstić information content (AvgIpc) is 3.11. The van der Waals surface area contributed by atoms with Gasteiger partial charge in [0.25, 0.3) is 11.8 Å². The van der Waals surface area contributed by atoms with E-state index in [1.165, 1.54) is 4.90 Å². The Labute approximate surface area is 183 Å². The van der Waals surface area contributed by atoms with Gasteiger partial charge in [-0.05, 0) is 31.2 Å². The zero-order valence-electron chi connectivity index (χ0n) is 16.4. The highest BCUT2D eigenvalue weighted by atomic mass is 35.5. The van der Waals surface area contributed by atoms with Crippen LogP contribution in [0.4, 0.5) is 16.2 Å². The molecule has 10 heteroatoms. The third-order valence-electron chi connectivity index (χ3n) is 4.53. The van der Waals surface area contributed by atoms with Crippen LogP contribution in [0.1, 0.15) is 6.92 Å². The second-order valence-electron chi connectivity index (χ2n) is 6.55. The second-order valence-corrected chi connectivity index (χ2v) is 8.37. The highest BCUT2D eigenvalue weighted by molar-refractivity contribution is 8.08. The minimum Gasteiger partial charge on any atom is -0.442 e. The van der Waals surface area contributed by atoms with Gasteiger partial charge in [-0.15, -0.1) is 0 Å². The summed E-state index contributed by atoms with van der Waals surface area (Å²) in [5.74, 6) is -0.403. The molecule has 2 fully saturated rings. The molecule has 1 atom stereocenters. The maximum atomic E-state index is 12.3. The van der Waals surface area contributed by atoms with Crippen LogP contribution < -0.4 is 15.1 Å². The Morgan fingerprint density at radius 3 is 2.57 bits per heavy atom. The molecular formula is C20H22ClN3O5S. The third kappa shape index (κ3) is 5.35. The van der Waals surface area contributed by atoms with Crippen molar-refractivity contribution in [3.05, 3.63) is 46.2 Å². The van der Waals surface area contributed by atoms with E-state index < -0.39 is 12.2 Å². The smallest absolute Gasteiger partial charge is 0.414 e. The van der Waals surface area contributed by atoms with Crippen molar-refractivity contribution >= 4 is 52.6 Å². The molecule has 8 nitrogen and oxygen atoms in total. The lowest BCUT2D eigenvalue weighted by Crippen LogP contribution is -2.41. The zero-order valence-corrected chi connectivity index (χ0v) is 18.0. The molecule has 2 heterocycles. The fraction of sp³-hybridized carbons (Fsp3) is 0.350. The monoisotopic (exact) mass is 451 g/mol. The van der Waals surface area contributed by atoms with E-state index in [9.17, 15) is 14.4 Å². The first-order valence-corrected chi connectivity index (χ1v) is 10.5. The fourth-order valence-electron chi connectivity index (χ4n) is 3.09. The molecule has 0 unspecified atom stereocenters. The number of carbonyl (C=O) groups is 3. The second kappa shape index (κ2) is 10.0. The highest BCUT2D eigenvalue weighted by Gasteiger charge is 2.33. The number of hydrogen-bond donors (Lipinski definition) is 1. The van der Waals surface area contributed by atoms with Gasteiger partial charge in [-0.3, -0.25) is 14.5 Å². The molecule has 0 spiro atoms. The van der Waals surface area contributed by atoms with Crippen molar-refractivity contribution in [2.75, 3.05) is 42.6 Å². The van der Waals surface area contributed by atoms with E-state index in [0.29, 0.717) is 34.7 Å². The Kier molecular flexibility index (Phi) is 7.41. The van der Waals surface area contributed by atoms with E-state index >= 15 is 0 Å². The average molecular weight is 452 g/mol. The number of halogens is 1. The van der Waals surface area contributed by atoms with E-state index in [1.807, 2.05) is 0 Å². The summed E-state index contributed by atoms with van der Waals surface area (Å²) in [7, 11) is 0. The summed E-state index contributed by atoms with van der Waals surface area (Å²) in [6.07, 6.45) is 0.671. The quantitative estimate of drug-likeness (QED) is 0.641. The number of thioether (sulfide) groups is 1. The highest BCUT2D eigenvalue weighted by Crippen LogP contribution is 2.27. The van der Waals surface area contributed by atoms with Gasteiger partial charge in [0.15, 0.2) is 0 Å². The third-order valence-corrected chi connectivity index (χ3v) is 5.62. The Morgan fingerprint density at radius 2 is 1.97 bits per heavy atom. The van der Waals surface area contributed by atoms with Gasteiger partial charge < -0.3 is 19.7 Å². The van der Waals surface area contributed by atoms with Crippen LogP contribution in [0.5, 0.6) is 0 Å². The van der Waals surface area contributed by atoms with Gasteiger partial charge in [-0.1, -0.05) is 36.0 Å². The number of hydrogen-bond acceptors (Lipinski definition) is 6. The SMILES string of the molecule is C=C(Cl)S/C(=C\C)C(=O)NC[C@H]1CN(c2ccc(N3CCOCC3=O)cc2)C(=O)O1. The molecule has 3 amide bonds. The van der Waals surface area contributed by atoms with Gasteiger partial charge in [-0.25, -0.2) is 4.79 Å². The number of ether oxygens (including phenoxy) is 2. The molecule has 0 aromatic heterocycles. The molecule has 0 bridgehead atoms. The molecule has 1 N–H and O–H groups in total. The first-order valence-electron chi connectivity index (χ1n) is 9.32. The van der Waals surface area contributed by atoms with E-state index in [2.05, 4.69) is 11.9 Å². The van der Waals surface area contributed by atoms with E-state index in [0.717, 1.165) is 17.4 Å². The summed E-state index contributed by atoms with van der Waals surface area (Å²) >= 11 is 6.81. The van der Waals surface area contributed by atoms with Gasteiger partial charge in [0, 0.05) is 17.9 Å². The molecule has 160 valence electrons. The van der Waals surface area contributed by atoms with Crippen LogP contribution in [0.15, 0.2) is 46.2 Å². The van der Waals surface area contributed by atoms with Crippen LogP contribution >= 0.6 is 23.4 Å². The number of benzene rings is 1. The first-order chi connectivity index (χ1) is 14.4. The number of amides is 3. The molecule has 0 aliphatic carbocycles. The molecule has 2 aliphatic rings. The van der Waals surface area contributed by atoms with Crippen molar-refractivity contribution in [3.63, 3.8) is 0 Å². The van der Waals surface area contributed by atoms with Crippen LogP contribution in [-0.2, 0) is 19.1 Å². The summed E-state index contributed by atoms with van der Waals surface area (Å²) in [4.78, 5) is 40.0. The summed E-state index contributed by atoms with van der Waals surface area (Å²) in [5.41, 5.74) is 1.40. The standard InChI is InChI=1S/C20H22ClN3O5S/c1-3-17(30-13(2)21)19(26)22-10-16-11-24(20(27)29-16)15-6-4-14(5-7-15)23-8-9-28-12-18(23)25/h3-7,16H,2,8-12H2,1H3,(H,22,26)/b17-3-/t16-/m0/s1. The minimum atomic E-state index is -0.487. The van der Waals surface area contributed by atoms with Crippen molar-refractivity contribution in [2.45, 2.75) is 13.0 Å². The van der Waals surface area contributed by atoms with Gasteiger partial charge in [0.05, 0.1) is 29.0 Å². The van der Waals surface area contributed by atoms with Crippen LogP contribution in [0.3, 0.4) is 0 Å². The van der Waals surface area contributed by atoms with Crippen molar-refractivity contribution in [1.82, 2.24) is 5.32 Å². The molecule has 1 aromatic rings. The van der Waals surface area contributed by atoms with Crippen LogP contribution in [-0.4, -0.2) is 56.9 Å². The topological polar surface area (TPSA) is 88.2 Å². The number of allylic oxidation sites excluding steroid dienone is 1. The van der Waals surface area contributed by atoms with Crippen LogP contribution in [0.2, 0.25) is 0 Å². The fourth-order valence-corrected chi connectivity index (χ4v) is 3.86. The van der Waals surface area contributed by atoms with Gasteiger partial charge in [-0.2, -0.15) is 0 Å². The van der Waals surface area contributed by atoms with E-state index in [1.54, 1.807) is 42.2 Å². The molecule has 0 saturated carbocycles. The molecule has 30 heavy (non-hydrogen) atoms. The maximum Gasteiger partial charge on any atom is 0.414 e. The summed E-state index contributed by atoms with van der Waals surface area (Å²) in [6, 6.07) is 7.10. The molecule has 0 radical (unpaired) electrons. The Morgan fingerprint density at radius 1 is 1.30 bits per heavy atom. The number of nitrogens with one attached hydrogen (secondary N) is 1. The summed E-state index contributed by atoms with van der Waals surface area (Å²) < 4.78 is 10.8. The normalized spacial score (nSPS) is 19.7. The van der Waals surface area contributed by atoms with Crippen LogP contribution in [0, 0.1) is 0 Å². The molecule has 1 aromatic carbocycles. The molecule has 2 saturated heterocycles. The number of carbonyl (C=O) groups excluding carboxylic acids is 3. The summed E-state index contributed by atoms with van der Waals surface area (Å²) in [6.45, 7) is 6.82. The maximum absolute atomic E-state index is 12.3. The van der Waals surface area contributed by atoms with E-state index in [-0.39, 0.29) is 25.0 Å². The minimum absolute atomic E-state index is 0.0695. The molecule has 3 rings (SSSR count). The zero-order chi connectivity index (χ0) is 21.7. The van der Waals surface area contributed by atoms with Crippen molar-refractivity contribution in [3.8, 4) is 0 Å². The lowest BCUT2D eigenvalue weighted by molar-refractivity contribution is -0.125. The number of nitrogens with zero attached hydrogens (tertiary/aromatic N) is 2. The predicted molar refractivity (Wildman–Crippen MR) is 117 cm³/mol. The number of anilines is 2. The predicted octanol–water partition coefficient (Wildman–Crippen LogP) is 2.84. The Balaban J connectivity index is 1.57. The number of cyclic esters (lactones) is 1. The lowest BCUT2D eigenvalue weighted by atomic mass is 10.2. The van der Waals surface area contributed by atoms with Gasteiger partial charge in [0.1, 0.15) is 12.7 Å². The Bertz CT molecular complexity index is 874. The van der Waals surface area contributed by atoms with Crippen LogP contribution in [0.25, 0.3) is 0 Å². The van der Waals surface area contributed by atoms with Crippen molar-refractivity contribution in [2.24, 2.45) is 0 Å². The first kappa shape index (κ1) is 22.2. The molecular weight excluding hydrogens is 430 g/mol. The number of rotatable bonds is 7. The Hall–Kier alpha value is -2.49. The molecule has 2 aliphatic heterocycles. The van der Waals surface area contributed by atoms with E-state index in [4.69, 9.17) is 21.1 Å². The van der Waals surface area contributed by atoms with Crippen molar-refractivity contribution < 1.29 is 23.9 Å². The number of morpholine rings is 1. The lowest BCUT2D eigenvalue weighted by Gasteiger charge is -2.27. The van der Waals surface area contributed by atoms with Crippen molar-refractivity contribution in [1.29, 1.82) is 0 Å². The summed E-state index contributed by atoms with van der Waals surface area (Å²) in [5, 5.41) is 2.74. The largest absolute Gasteiger partial charge is 0.442 e. The van der Waals surface area contributed by atoms with Gasteiger partial charge in [0.2, 0.25) is 0 Å².